The van der Waals surface area contributed by atoms with E-state index in [0.29, 0.717) is 0 Å². The van der Waals surface area contributed by atoms with Crippen LogP contribution in [-0.2, 0) is 20.7 Å². The fourth-order valence-corrected chi connectivity index (χ4v) is 2.98. The second kappa shape index (κ2) is 5.73. The Morgan fingerprint density at radius 2 is 1.92 bits per heavy atom. The Kier molecular flexibility index (Phi) is 3.82. The minimum atomic E-state index is -0.843. The molecule has 1 N–H and O–H groups in total. The molecule has 1 aliphatic heterocycles. The molecule has 1 atom stereocenters. The van der Waals surface area contributed by atoms with Crippen molar-refractivity contribution in [3.05, 3.63) is 34.1 Å². The van der Waals surface area contributed by atoms with Crippen LogP contribution in [0.5, 0.6) is 11.5 Å². The topological polar surface area (TPSA) is 116 Å². The van der Waals surface area contributed by atoms with E-state index in [4.69, 9.17) is 14.2 Å². The molecule has 0 amide bonds. The van der Waals surface area contributed by atoms with E-state index in [1.54, 1.807) is 6.92 Å². The lowest BCUT2D eigenvalue weighted by atomic mass is 9.84. The van der Waals surface area contributed by atoms with Crippen molar-refractivity contribution in [1.29, 1.82) is 0 Å². The van der Waals surface area contributed by atoms with Crippen molar-refractivity contribution in [1.82, 2.24) is 0 Å². The van der Waals surface area contributed by atoms with E-state index in [9.17, 15) is 24.3 Å². The Hall–Kier alpha value is -3.16. The molecule has 0 radical (unpaired) electrons. The van der Waals surface area contributed by atoms with Crippen LogP contribution in [0, 0.1) is 0 Å². The summed E-state index contributed by atoms with van der Waals surface area (Å²) in [6.07, 6.45) is 0.461. The first-order valence-electron chi connectivity index (χ1n) is 7.42. The van der Waals surface area contributed by atoms with Gasteiger partial charge < -0.3 is 19.3 Å². The summed E-state index contributed by atoms with van der Waals surface area (Å²) in [6, 6.07) is 0. The summed E-state index contributed by atoms with van der Waals surface area (Å²) in [5, 5.41) is 10.6. The summed E-state index contributed by atoms with van der Waals surface area (Å²) in [4.78, 5) is 48.7. The van der Waals surface area contributed by atoms with Gasteiger partial charge in [-0.2, -0.15) is 0 Å². The van der Waals surface area contributed by atoms with Gasteiger partial charge in [0.15, 0.2) is 17.3 Å². The van der Waals surface area contributed by atoms with Gasteiger partial charge in [-0.05, 0) is 6.92 Å². The number of cyclic esters (lactones) is 1. The Balaban J connectivity index is 2.41. The van der Waals surface area contributed by atoms with Gasteiger partial charge in [-0.25, -0.2) is 4.79 Å². The highest BCUT2D eigenvalue weighted by molar-refractivity contribution is 6.27. The van der Waals surface area contributed by atoms with Gasteiger partial charge in [0, 0.05) is 25.0 Å². The van der Waals surface area contributed by atoms with E-state index < -0.39 is 35.4 Å². The second-order valence-electron chi connectivity index (χ2n) is 5.70. The number of fused-ring (bicyclic) bond motifs is 2. The van der Waals surface area contributed by atoms with Crippen molar-refractivity contribution in [2.75, 3.05) is 7.11 Å². The molecule has 130 valence electrons. The number of ketones is 2. The summed E-state index contributed by atoms with van der Waals surface area (Å²) < 4.78 is 15.0. The average molecular weight is 346 g/mol. The van der Waals surface area contributed by atoms with Crippen LogP contribution >= 0.6 is 0 Å². The maximum Gasteiger partial charge on any atom is 0.342 e. The minimum Gasteiger partial charge on any atom is -0.507 e. The largest absolute Gasteiger partial charge is 0.507 e. The van der Waals surface area contributed by atoms with Crippen LogP contribution in [0.1, 0.15) is 50.5 Å². The molecular weight excluding hydrogens is 332 g/mol. The molecule has 0 saturated carbocycles. The van der Waals surface area contributed by atoms with E-state index in [1.807, 2.05) is 0 Å². The SMILES string of the molecule is COC1=CC(=O)c2c(OC(C)=O)c3c(c(O)c2C1=O)C[C@H](C)OC3=O. The first kappa shape index (κ1) is 16.7. The van der Waals surface area contributed by atoms with Crippen molar-refractivity contribution < 1.29 is 38.5 Å². The number of carbonyl (C=O) groups excluding carboxylic acids is 4. The molecule has 1 aromatic rings. The van der Waals surface area contributed by atoms with Gasteiger partial charge in [-0.1, -0.05) is 0 Å². The van der Waals surface area contributed by atoms with Gasteiger partial charge in [0.2, 0.25) is 5.78 Å². The molecule has 8 heteroatoms. The maximum absolute atomic E-state index is 12.5. The highest BCUT2D eigenvalue weighted by Gasteiger charge is 2.41. The summed E-state index contributed by atoms with van der Waals surface area (Å²) >= 11 is 0. The smallest absolute Gasteiger partial charge is 0.342 e. The number of ether oxygens (including phenoxy) is 3. The number of hydrogen-bond acceptors (Lipinski definition) is 8. The molecule has 1 aromatic carbocycles. The van der Waals surface area contributed by atoms with Gasteiger partial charge in [0.1, 0.15) is 17.4 Å². The standard InChI is InChI=1S/C17H14O8/c1-6-4-8-11(17(22)24-6)16(25-7(2)18)12-9(19)5-10(23-3)15(21)13(12)14(8)20/h5-6,20H,4H2,1-3H3/t6-/m0/s1. The maximum atomic E-state index is 12.5. The quantitative estimate of drug-likeness (QED) is 0.630. The molecule has 1 heterocycles. The number of aromatic hydroxyl groups is 1. The number of esters is 2. The number of phenolic OH excluding ortho intramolecular Hbond substituents is 1. The number of hydrogen-bond donors (Lipinski definition) is 1. The first-order chi connectivity index (χ1) is 11.8. The van der Waals surface area contributed by atoms with Crippen LogP contribution in [0.3, 0.4) is 0 Å². The highest BCUT2D eigenvalue weighted by atomic mass is 16.6. The van der Waals surface area contributed by atoms with Crippen molar-refractivity contribution in [3.8, 4) is 11.5 Å². The zero-order valence-corrected chi connectivity index (χ0v) is 13.7. The predicted octanol–water partition coefficient (Wildman–Crippen LogP) is 1.33. The number of allylic oxidation sites excluding steroid dienone is 2. The fourth-order valence-electron chi connectivity index (χ4n) is 2.98. The van der Waals surface area contributed by atoms with Crippen molar-refractivity contribution in [2.45, 2.75) is 26.4 Å². The first-order valence-corrected chi connectivity index (χ1v) is 7.42. The van der Waals surface area contributed by atoms with Crippen molar-refractivity contribution >= 4 is 23.5 Å². The van der Waals surface area contributed by atoms with Crippen LogP contribution in [0.4, 0.5) is 0 Å². The van der Waals surface area contributed by atoms with E-state index in [0.717, 1.165) is 13.0 Å². The summed E-state index contributed by atoms with van der Waals surface area (Å²) in [5.41, 5.74) is -0.831. The molecule has 0 aromatic heterocycles. The minimum absolute atomic E-state index is 0.0947. The van der Waals surface area contributed by atoms with Crippen LogP contribution in [0.25, 0.3) is 0 Å². The number of rotatable bonds is 2. The van der Waals surface area contributed by atoms with Gasteiger partial charge in [-0.15, -0.1) is 0 Å². The van der Waals surface area contributed by atoms with Crippen molar-refractivity contribution in [3.63, 3.8) is 0 Å². The Bertz CT molecular complexity index is 877. The number of benzene rings is 1. The molecule has 0 unspecified atom stereocenters. The lowest BCUT2D eigenvalue weighted by molar-refractivity contribution is -0.131. The van der Waals surface area contributed by atoms with Gasteiger partial charge >= 0.3 is 11.9 Å². The summed E-state index contributed by atoms with van der Waals surface area (Å²) in [5.74, 6) is -4.24. The summed E-state index contributed by atoms with van der Waals surface area (Å²) in [6.45, 7) is 2.70. The Morgan fingerprint density at radius 3 is 2.52 bits per heavy atom. The third-order valence-electron chi connectivity index (χ3n) is 3.96. The van der Waals surface area contributed by atoms with Crippen molar-refractivity contribution in [2.24, 2.45) is 0 Å². The van der Waals surface area contributed by atoms with Crippen LogP contribution < -0.4 is 4.74 Å². The van der Waals surface area contributed by atoms with E-state index in [2.05, 4.69) is 0 Å². The van der Waals surface area contributed by atoms with Gasteiger partial charge in [-0.3, -0.25) is 14.4 Å². The molecule has 0 bridgehead atoms. The Morgan fingerprint density at radius 1 is 1.24 bits per heavy atom. The molecule has 8 nitrogen and oxygen atoms in total. The number of Topliss-reactive ketones (excluding diaryl/α,β-unsaturated/α-hetero) is 1. The molecule has 25 heavy (non-hydrogen) atoms. The van der Waals surface area contributed by atoms with Crippen LogP contribution in [-0.4, -0.2) is 41.8 Å². The average Bonchev–Trinajstić information content (AvgIpc) is 2.52. The van der Waals surface area contributed by atoms with Gasteiger partial charge in [0.25, 0.3) is 0 Å². The molecule has 1 aliphatic carbocycles. The molecule has 0 saturated heterocycles. The van der Waals surface area contributed by atoms with E-state index >= 15 is 0 Å². The zero-order chi connectivity index (χ0) is 18.5. The highest BCUT2D eigenvalue weighted by Crippen LogP contribution is 2.44. The van der Waals surface area contributed by atoms with E-state index in [1.165, 1.54) is 7.11 Å². The molecule has 2 aliphatic rings. The molecule has 0 spiro atoms. The predicted molar refractivity (Wildman–Crippen MR) is 81.8 cm³/mol. The van der Waals surface area contributed by atoms with Crippen LogP contribution in [0.2, 0.25) is 0 Å². The third kappa shape index (κ3) is 2.46. The fraction of sp³-hybridized carbons (Fsp3) is 0.294. The Labute approximate surface area is 142 Å². The lowest BCUT2D eigenvalue weighted by Crippen LogP contribution is -2.30. The lowest BCUT2D eigenvalue weighted by Gasteiger charge is -2.28. The number of methoxy groups -OCH3 is 1. The normalized spacial score (nSPS) is 18.8. The molecular formula is C17H14O8. The molecule has 3 rings (SSSR count). The van der Waals surface area contributed by atoms with Gasteiger partial charge in [0.05, 0.1) is 18.2 Å². The number of carbonyl (C=O) groups is 4. The molecule has 0 fully saturated rings. The zero-order valence-electron chi connectivity index (χ0n) is 13.7. The van der Waals surface area contributed by atoms with E-state index in [-0.39, 0.29) is 40.2 Å². The second-order valence-corrected chi connectivity index (χ2v) is 5.70. The number of phenols is 1. The third-order valence-corrected chi connectivity index (χ3v) is 3.96. The summed E-state index contributed by atoms with van der Waals surface area (Å²) in [7, 11) is 1.21. The monoisotopic (exact) mass is 346 g/mol. The van der Waals surface area contributed by atoms with Crippen LogP contribution in [0.15, 0.2) is 11.8 Å².